The van der Waals surface area contributed by atoms with Crippen LogP contribution in [0.25, 0.3) is 11.4 Å². The van der Waals surface area contributed by atoms with Gasteiger partial charge in [-0.1, -0.05) is 11.8 Å². The molecule has 1 N–H and O–H groups in total. The van der Waals surface area contributed by atoms with Gasteiger partial charge in [-0.25, -0.2) is 0 Å². The number of nitrogens with zero attached hydrogens (tertiary/aromatic N) is 5. The number of thioether (sulfide) groups is 1. The van der Waals surface area contributed by atoms with Crippen LogP contribution in [-0.4, -0.2) is 62.9 Å². The van der Waals surface area contributed by atoms with Crippen LogP contribution in [0.3, 0.4) is 0 Å². The number of carbonyl (C=O) groups is 2. The number of furan rings is 1. The SMILES string of the molecule is CN(C)C(=O)CNC(=O)CSc1nnc(-c2cccnc2)n1Cc1ccco1. The molecule has 28 heavy (non-hydrogen) atoms. The first kappa shape index (κ1) is 19.6. The molecule has 0 spiro atoms. The third-order valence-corrected chi connectivity index (χ3v) is 4.77. The first-order valence-corrected chi connectivity index (χ1v) is 9.49. The van der Waals surface area contributed by atoms with Crippen molar-refractivity contribution >= 4 is 23.6 Å². The summed E-state index contributed by atoms with van der Waals surface area (Å²) >= 11 is 1.24. The molecule has 0 fully saturated rings. The Morgan fingerprint density at radius 1 is 1.25 bits per heavy atom. The van der Waals surface area contributed by atoms with E-state index in [1.54, 1.807) is 32.8 Å². The van der Waals surface area contributed by atoms with Crippen molar-refractivity contribution in [3.05, 3.63) is 48.7 Å². The maximum absolute atomic E-state index is 12.1. The van der Waals surface area contributed by atoms with Crippen LogP contribution in [-0.2, 0) is 16.1 Å². The molecule has 0 radical (unpaired) electrons. The molecule has 2 amide bonds. The van der Waals surface area contributed by atoms with E-state index in [0.717, 1.165) is 11.3 Å². The van der Waals surface area contributed by atoms with E-state index in [1.165, 1.54) is 16.7 Å². The third-order valence-electron chi connectivity index (χ3n) is 3.80. The molecule has 0 atom stereocenters. The Kier molecular flexibility index (Phi) is 6.43. The Labute approximate surface area is 166 Å². The lowest BCUT2D eigenvalue weighted by Crippen LogP contribution is -2.37. The molecule has 3 aromatic rings. The number of carbonyl (C=O) groups excluding carboxylic acids is 2. The quantitative estimate of drug-likeness (QED) is 0.568. The fraction of sp³-hybridized carbons (Fsp3) is 0.278. The monoisotopic (exact) mass is 400 g/mol. The van der Waals surface area contributed by atoms with E-state index in [1.807, 2.05) is 28.8 Å². The van der Waals surface area contributed by atoms with Gasteiger partial charge < -0.3 is 14.6 Å². The summed E-state index contributed by atoms with van der Waals surface area (Å²) in [6.07, 6.45) is 4.99. The van der Waals surface area contributed by atoms with Gasteiger partial charge in [0.15, 0.2) is 11.0 Å². The van der Waals surface area contributed by atoms with Crippen LogP contribution in [0, 0.1) is 0 Å². The predicted octanol–water partition coefficient (Wildman–Crippen LogP) is 1.28. The predicted molar refractivity (Wildman–Crippen MR) is 103 cm³/mol. The van der Waals surface area contributed by atoms with Gasteiger partial charge in [0.25, 0.3) is 0 Å². The molecular formula is C18H20N6O3S. The highest BCUT2D eigenvalue weighted by atomic mass is 32.2. The Bertz CT molecular complexity index is 924. The highest BCUT2D eigenvalue weighted by molar-refractivity contribution is 7.99. The second-order valence-electron chi connectivity index (χ2n) is 6.07. The zero-order valence-corrected chi connectivity index (χ0v) is 16.3. The molecule has 146 valence electrons. The van der Waals surface area contributed by atoms with E-state index in [-0.39, 0.29) is 24.1 Å². The Morgan fingerprint density at radius 2 is 2.11 bits per heavy atom. The molecule has 0 aliphatic heterocycles. The van der Waals surface area contributed by atoms with Gasteiger partial charge in [0.05, 0.1) is 25.1 Å². The summed E-state index contributed by atoms with van der Waals surface area (Å²) in [5.41, 5.74) is 0.814. The zero-order valence-electron chi connectivity index (χ0n) is 15.5. The number of hydrogen-bond donors (Lipinski definition) is 1. The van der Waals surface area contributed by atoms with Crippen LogP contribution in [0.2, 0.25) is 0 Å². The van der Waals surface area contributed by atoms with Crippen LogP contribution in [0.5, 0.6) is 0 Å². The minimum absolute atomic E-state index is 0.0353. The lowest BCUT2D eigenvalue weighted by Gasteiger charge is -2.11. The van der Waals surface area contributed by atoms with Crippen LogP contribution >= 0.6 is 11.8 Å². The molecule has 3 rings (SSSR count). The molecule has 3 aromatic heterocycles. The van der Waals surface area contributed by atoms with Crippen molar-refractivity contribution in [1.82, 2.24) is 30.0 Å². The topological polar surface area (TPSA) is 106 Å². The summed E-state index contributed by atoms with van der Waals surface area (Å²) in [6, 6.07) is 7.39. The smallest absolute Gasteiger partial charge is 0.241 e. The van der Waals surface area contributed by atoms with Crippen molar-refractivity contribution in [3.8, 4) is 11.4 Å². The number of rotatable bonds is 8. The lowest BCUT2D eigenvalue weighted by atomic mass is 10.2. The Balaban J connectivity index is 1.72. The first-order chi connectivity index (χ1) is 13.5. The molecule has 0 unspecified atom stereocenters. The van der Waals surface area contributed by atoms with E-state index < -0.39 is 0 Å². The second kappa shape index (κ2) is 9.18. The molecule has 0 aromatic carbocycles. The lowest BCUT2D eigenvalue weighted by molar-refractivity contribution is -0.130. The summed E-state index contributed by atoms with van der Waals surface area (Å²) in [5.74, 6) is 1.07. The normalized spacial score (nSPS) is 10.6. The van der Waals surface area contributed by atoms with Crippen LogP contribution in [0.4, 0.5) is 0 Å². The maximum Gasteiger partial charge on any atom is 0.241 e. The zero-order chi connectivity index (χ0) is 19.9. The van der Waals surface area contributed by atoms with Crippen LogP contribution in [0.15, 0.2) is 52.5 Å². The van der Waals surface area contributed by atoms with E-state index in [4.69, 9.17) is 4.42 Å². The maximum atomic E-state index is 12.1. The average molecular weight is 400 g/mol. The van der Waals surface area contributed by atoms with Crippen molar-refractivity contribution in [2.75, 3.05) is 26.4 Å². The molecule has 0 saturated carbocycles. The van der Waals surface area contributed by atoms with Crippen LogP contribution < -0.4 is 5.32 Å². The molecule has 3 heterocycles. The average Bonchev–Trinajstić information content (AvgIpc) is 3.35. The third kappa shape index (κ3) is 4.97. The molecular weight excluding hydrogens is 380 g/mol. The van der Waals surface area contributed by atoms with E-state index >= 15 is 0 Å². The molecule has 0 saturated heterocycles. The fourth-order valence-corrected chi connectivity index (χ4v) is 3.09. The van der Waals surface area contributed by atoms with Gasteiger partial charge in [-0.3, -0.25) is 19.1 Å². The minimum Gasteiger partial charge on any atom is -0.467 e. The summed E-state index contributed by atoms with van der Waals surface area (Å²) in [7, 11) is 3.28. The number of hydrogen-bond acceptors (Lipinski definition) is 7. The first-order valence-electron chi connectivity index (χ1n) is 8.50. The summed E-state index contributed by atoms with van der Waals surface area (Å²) in [6.45, 7) is 0.389. The number of likely N-dealkylation sites (N-methyl/N-ethyl adjacent to an activating group) is 1. The van der Waals surface area contributed by atoms with Gasteiger partial charge >= 0.3 is 0 Å². The van der Waals surface area contributed by atoms with Crippen molar-refractivity contribution in [1.29, 1.82) is 0 Å². The highest BCUT2D eigenvalue weighted by Crippen LogP contribution is 2.24. The van der Waals surface area contributed by atoms with Crippen molar-refractivity contribution in [2.24, 2.45) is 0 Å². The molecule has 9 nitrogen and oxygen atoms in total. The molecule has 10 heteroatoms. The summed E-state index contributed by atoms with van der Waals surface area (Å²) in [5, 5.41) is 11.7. The van der Waals surface area contributed by atoms with Crippen molar-refractivity contribution in [2.45, 2.75) is 11.7 Å². The minimum atomic E-state index is -0.254. The Morgan fingerprint density at radius 3 is 2.79 bits per heavy atom. The molecule has 0 aliphatic carbocycles. The number of pyridine rings is 1. The molecule has 0 aliphatic rings. The number of amides is 2. The summed E-state index contributed by atoms with van der Waals surface area (Å²) < 4.78 is 7.32. The van der Waals surface area contributed by atoms with Gasteiger partial charge in [-0.05, 0) is 24.3 Å². The number of nitrogens with one attached hydrogen (secondary N) is 1. The largest absolute Gasteiger partial charge is 0.467 e. The van der Waals surface area contributed by atoms with Crippen molar-refractivity contribution < 1.29 is 14.0 Å². The number of aromatic nitrogens is 4. The van der Waals surface area contributed by atoms with E-state index in [0.29, 0.717) is 17.5 Å². The summed E-state index contributed by atoms with van der Waals surface area (Å²) in [4.78, 5) is 29.2. The van der Waals surface area contributed by atoms with Gasteiger partial charge in [0.2, 0.25) is 11.8 Å². The van der Waals surface area contributed by atoms with E-state index in [2.05, 4.69) is 20.5 Å². The van der Waals surface area contributed by atoms with Gasteiger partial charge in [0.1, 0.15) is 5.76 Å². The van der Waals surface area contributed by atoms with E-state index in [9.17, 15) is 9.59 Å². The Hall–Kier alpha value is -3.14. The van der Waals surface area contributed by atoms with Gasteiger partial charge in [0, 0.05) is 32.1 Å². The van der Waals surface area contributed by atoms with Gasteiger partial charge in [-0.15, -0.1) is 10.2 Å². The fourth-order valence-electron chi connectivity index (χ4n) is 2.32. The standard InChI is InChI=1S/C18H20N6O3S/c1-23(2)16(26)10-20-15(25)12-28-18-22-21-17(13-5-3-7-19-9-13)24(18)11-14-6-4-8-27-14/h3-9H,10-12H2,1-2H3,(H,20,25). The van der Waals surface area contributed by atoms with Gasteiger partial charge in [-0.2, -0.15) is 0 Å². The molecule has 0 bridgehead atoms. The van der Waals surface area contributed by atoms with Crippen molar-refractivity contribution in [3.63, 3.8) is 0 Å². The highest BCUT2D eigenvalue weighted by Gasteiger charge is 2.17. The van der Waals surface area contributed by atoms with Crippen LogP contribution in [0.1, 0.15) is 5.76 Å². The second-order valence-corrected chi connectivity index (χ2v) is 7.01.